The molecule has 0 amide bonds. The Labute approximate surface area is 128 Å². The van der Waals surface area contributed by atoms with Crippen molar-refractivity contribution in [3.8, 4) is 0 Å². The zero-order chi connectivity index (χ0) is 14.0. The minimum absolute atomic E-state index is 0.450. The SMILES string of the molecule is NC(=[NH2+])SCCc1ccccc1.[O-][Sn]([Cl])([Cl])[O]Cl. The van der Waals surface area contributed by atoms with E-state index in [-0.39, 0.29) is 0 Å². The van der Waals surface area contributed by atoms with Gasteiger partial charge < -0.3 is 0 Å². The second-order valence-electron chi connectivity index (χ2n) is 3.03. The maximum absolute atomic E-state index is 9.86. The number of aryl methyl sites for hydroxylation is 1. The van der Waals surface area contributed by atoms with Crippen molar-refractivity contribution in [2.24, 2.45) is 5.73 Å². The van der Waals surface area contributed by atoms with Gasteiger partial charge in [0.25, 0.3) is 5.17 Å². The van der Waals surface area contributed by atoms with E-state index in [0.717, 1.165) is 12.2 Å². The van der Waals surface area contributed by atoms with Crippen LogP contribution in [0.4, 0.5) is 0 Å². The van der Waals surface area contributed by atoms with Gasteiger partial charge in [0.1, 0.15) is 0 Å². The Morgan fingerprint density at radius 1 is 1.39 bits per heavy atom. The van der Waals surface area contributed by atoms with Crippen LogP contribution in [0.3, 0.4) is 0 Å². The first-order valence-corrected chi connectivity index (χ1v) is 15.6. The average Bonchev–Trinajstić information content (AvgIpc) is 2.30. The summed E-state index contributed by atoms with van der Waals surface area (Å²) in [4.78, 5) is 0. The van der Waals surface area contributed by atoms with Gasteiger partial charge in [-0.1, -0.05) is 30.3 Å². The molecule has 4 N–H and O–H groups in total. The van der Waals surface area contributed by atoms with E-state index in [2.05, 4.69) is 26.6 Å². The molecule has 0 fully saturated rings. The Kier molecular flexibility index (Phi) is 10.8. The third kappa shape index (κ3) is 13.1. The standard InChI is InChI=1S/C9H12N2S.ClO.2ClH.O.Sn/c10-9(11)12-7-6-8-4-2-1-3-5-8;1-2;;;;/h1-5H,6-7H2,(H3,10,11);;2*1H;;/q;-1;;;-1;+3/p-1. The molecular weight excluding hydrogens is 425 g/mol. The van der Waals surface area contributed by atoms with Crippen LogP contribution in [-0.4, -0.2) is 27.9 Å². The van der Waals surface area contributed by atoms with Gasteiger partial charge in [0.2, 0.25) is 0 Å². The van der Waals surface area contributed by atoms with Crippen molar-refractivity contribution < 1.29 is 11.5 Å². The van der Waals surface area contributed by atoms with Gasteiger partial charge in [-0.25, -0.2) is 0 Å². The fourth-order valence-electron chi connectivity index (χ4n) is 0.931. The minimum atomic E-state index is -4.27. The number of benzene rings is 1. The summed E-state index contributed by atoms with van der Waals surface area (Å²) in [6.07, 6.45) is 1.02. The second-order valence-corrected chi connectivity index (χ2v) is 16.3. The summed E-state index contributed by atoms with van der Waals surface area (Å²) < 4.78 is 13.5. The van der Waals surface area contributed by atoms with Crippen LogP contribution in [0.15, 0.2) is 30.3 Å². The molecular formula is C9H13Cl3N2O2SSn. The van der Waals surface area contributed by atoms with Crippen LogP contribution in [-0.2, 0) is 9.05 Å². The van der Waals surface area contributed by atoms with Crippen molar-refractivity contribution in [3.63, 3.8) is 0 Å². The Morgan fingerprint density at radius 2 is 1.89 bits per heavy atom. The van der Waals surface area contributed by atoms with Crippen LogP contribution in [0.2, 0.25) is 0 Å². The van der Waals surface area contributed by atoms with E-state index < -0.39 is 17.0 Å². The zero-order valence-electron chi connectivity index (χ0n) is 9.31. The van der Waals surface area contributed by atoms with Crippen molar-refractivity contribution in [2.45, 2.75) is 6.42 Å². The summed E-state index contributed by atoms with van der Waals surface area (Å²) in [5, 5.41) is 5.76. The predicted octanol–water partition coefficient (Wildman–Crippen LogP) is 0.466. The number of rotatable bonds is 4. The molecule has 0 saturated heterocycles. The second kappa shape index (κ2) is 10.4. The molecule has 0 aliphatic rings. The Balaban J connectivity index is 0.000000411. The summed E-state index contributed by atoms with van der Waals surface area (Å²) in [5.41, 5.74) is 6.64. The Morgan fingerprint density at radius 3 is 2.28 bits per heavy atom. The van der Waals surface area contributed by atoms with E-state index in [9.17, 15) is 3.44 Å². The van der Waals surface area contributed by atoms with Gasteiger partial charge >= 0.3 is 52.7 Å². The van der Waals surface area contributed by atoms with Crippen LogP contribution in [0.25, 0.3) is 0 Å². The predicted molar refractivity (Wildman–Crippen MR) is 78.1 cm³/mol. The van der Waals surface area contributed by atoms with Gasteiger partial charge in [-0.15, -0.1) is 0 Å². The molecule has 1 rings (SSSR count). The van der Waals surface area contributed by atoms with E-state index in [4.69, 9.17) is 29.0 Å². The molecule has 0 bridgehead atoms. The van der Waals surface area contributed by atoms with E-state index in [1.807, 2.05) is 18.2 Å². The number of thioether (sulfide) groups is 1. The first-order valence-electron chi connectivity index (χ1n) is 4.77. The Hall–Kier alpha value is 0.629. The van der Waals surface area contributed by atoms with Gasteiger partial charge in [0.05, 0.1) is 0 Å². The number of halogens is 3. The van der Waals surface area contributed by atoms with Crippen LogP contribution >= 0.6 is 41.5 Å². The fourth-order valence-corrected chi connectivity index (χ4v) is 1.50. The van der Waals surface area contributed by atoms with Crippen LogP contribution in [0.5, 0.6) is 0 Å². The summed E-state index contributed by atoms with van der Waals surface area (Å²) in [6.45, 7) is 0. The molecule has 0 aliphatic heterocycles. The van der Waals surface area contributed by atoms with E-state index in [0.29, 0.717) is 5.17 Å². The molecule has 9 heteroatoms. The molecule has 1 aromatic rings. The molecule has 0 spiro atoms. The van der Waals surface area contributed by atoms with E-state index in [1.165, 1.54) is 17.3 Å². The zero-order valence-corrected chi connectivity index (χ0v) is 15.3. The molecule has 0 saturated carbocycles. The first kappa shape index (κ1) is 18.6. The van der Waals surface area contributed by atoms with Crippen molar-refractivity contribution in [1.29, 1.82) is 0 Å². The van der Waals surface area contributed by atoms with Crippen LogP contribution < -0.4 is 14.6 Å². The monoisotopic (exact) mass is 438 g/mol. The first-order chi connectivity index (χ1) is 8.35. The maximum atomic E-state index is 9.86. The van der Waals surface area contributed by atoms with Crippen LogP contribution in [0, 0.1) is 0 Å². The molecule has 1 aromatic carbocycles. The fraction of sp³-hybridized carbons (Fsp3) is 0.222. The summed E-state index contributed by atoms with van der Waals surface area (Å²) in [7, 11) is 9.57. The average molecular weight is 438 g/mol. The Bertz CT molecular complexity index is 351. The van der Waals surface area contributed by atoms with Gasteiger partial charge in [-0.3, -0.25) is 11.1 Å². The molecule has 18 heavy (non-hydrogen) atoms. The third-order valence-electron chi connectivity index (χ3n) is 1.59. The molecule has 0 radical (unpaired) electrons. The van der Waals surface area contributed by atoms with E-state index in [1.54, 1.807) is 0 Å². The van der Waals surface area contributed by atoms with Crippen molar-refractivity contribution in [3.05, 3.63) is 35.9 Å². The molecule has 0 aliphatic carbocycles. The van der Waals surface area contributed by atoms with Crippen molar-refractivity contribution in [2.75, 3.05) is 5.75 Å². The molecule has 0 atom stereocenters. The molecule has 0 unspecified atom stereocenters. The molecule has 102 valence electrons. The molecule has 0 aromatic heterocycles. The summed E-state index contributed by atoms with van der Waals surface area (Å²) in [6, 6.07) is 10.3. The summed E-state index contributed by atoms with van der Waals surface area (Å²) >= 11 is 1.72. The van der Waals surface area contributed by atoms with Crippen molar-refractivity contribution >= 4 is 63.6 Å². The number of hydrogen-bond donors (Lipinski definition) is 2. The van der Waals surface area contributed by atoms with Crippen LogP contribution in [0.1, 0.15) is 5.56 Å². The normalized spacial score (nSPS) is 10.4. The molecule has 0 heterocycles. The van der Waals surface area contributed by atoms with Gasteiger partial charge in [-0.05, 0) is 23.7 Å². The van der Waals surface area contributed by atoms with Crippen molar-refractivity contribution in [1.82, 2.24) is 0 Å². The van der Waals surface area contributed by atoms with E-state index >= 15 is 0 Å². The summed E-state index contributed by atoms with van der Waals surface area (Å²) in [5.74, 6) is 0.951. The molecule has 4 nitrogen and oxygen atoms in total. The van der Waals surface area contributed by atoms with Gasteiger partial charge in [0.15, 0.2) is 0 Å². The quantitative estimate of drug-likeness (QED) is 0.407. The number of amidine groups is 1. The topological polar surface area (TPSA) is 83.9 Å². The van der Waals surface area contributed by atoms with Gasteiger partial charge in [-0.2, -0.15) is 0 Å². The number of hydrogen-bond acceptors (Lipinski definition) is 3. The number of nitrogens with two attached hydrogens (primary N) is 2. The third-order valence-corrected chi connectivity index (χ3v) is 6.40. The van der Waals surface area contributed by atoms with Gasteiger partial charge in [0, 0.05) is 5.75 Å².